The van der Waals surface area contributed by atoms with Crippen LogP contribution in [0.3, 0.4) is 0 Å². The van der Waals surface area contributed by atoms with Gasteiger partial charge in [-0.2, -0.15) is 0 Å². The highest BCUT2D eigenvalue weighted by molar-refractivity contribution is 6.39. The zero-order valence-electron chi connectivity index (χ0n) is 12.8. The second-order valence-corrected chi connectivity index (χ2v) is 5.40. The predicted octanol–water partition coefficient (Wildman–Crippen LogP) is 2.91. The van der Waals surface area contributed by atoms with Crippen LogP contribution in [0.2, 0.25) is 5.02 Å². The quantitative estimate of drug-likeness (QED) is 0.668. The van der Waals surface area contributed by atoms with Crippen LogP contribution >= 0.6 is 11.6 Å². The number of nitrogens with zero attached hydrogens (tertiary/aromatic N) is 1. The minimum atomic E-state index is -0.705. The molecule has 0 aliphatic rings. The van der Waals surface area contributed by atoms with E-state index in [1.807, 2.05) is 37.3 Å². The number of likely N-dealkylation sites (N-methyl/N-ethyl adjacent to an activating group) is 1. The molecule has 5 nitrogen and oxygen atoms in total. The van der Waals surface area contributed by atoms with Gasteiger partial charge in [0, 0.05) is 18.8 Å². The fourth-order valence-corrected chi connectivity index (χ4v) is 2.24. The number of nitrogens with two attached hydrogens (primary N) is 1. The van der Waals surface area contributed by atoms with Gasteiger partial charge in [-0.1, -0.05) is 41.9 Å². The topological polar surface area (TPSA) is 75.4 Å². The number of nitrogens with one attached hydrogen (secondary N) is 1. The van der Waals surface area contributed by atoms with E-state index >= 15 is 0 Å². The van der Waals surface area contributed by atoms with E-state index in [-0.39, 0.29) is 0 Å². The van der Waals surface area contributed by atoms with Crippen molar-refractivity contribution in [2.75, 3.05) is 17.6 Å². The van der Waals surface area contributed by atoms with Gasteiger partial charge in [-0.15, -0.1) is 0 Å². The molecule has 0 aliphatic heterocycles. The van der Waals surface area contributed by atoms with Gasteiger partial charge in [-0.05, 0) is 30.7 Å². The average molecular weight is 332 g/mol. The van der Waals surface area contributed by atoms with Crippen molar-refractivity contribution in [3.05, 3.63) is 59.1 Å². The van der Waals surface area contributed by atoms with Gasteiger partial charge in [-0.25, -0.2) is 0 Å². The highest BCUT2D eigenvalue weighted by Gasteiger charge is 2.21. The Morgan fingerprint density at radius 1 is 1.17 bits per heavy atom. The summed E-state index contributed by atoms with van der Waals surface area (Å²) in [6.45, 7) is 2.64. The number of hydrogen-bond donors (Lipinski definition) is 2. The first kappa shape index (κ1) is 16.8. The second-order valence-electron chi connectivity index (χ2n) is 5.00. The molecule has 0 spiro atoms. The number of anilines is 2. The molecular formula is C17H18ClN3O2. The number of carbonyl (C=O) groups is 2. The van der Waals surface area contributed by atoms with Crippen molar-refractivity contribution < 1.29 is 9.59 Å². The summed E-state index contributed by atoms with van der Waals surface area (Å²) in [5.41, 5.74) is 7.42. The van der Waals surface area contributed by atoms with E-state index in [1.165, 1.54) is 11.0 Å². The van der Waals surface area contributed by atoms with Crippen LogP contribution in [0, 0.1) is 0 Å². The summed E-state index contributed by atoms with van der Waals surface area (Å²) in [5, 5.41) is 2.87. The summed E-state index contributed by atoms with van der Waals surface area (Å²) >= 11 is 5.90. The van der Waals surface area contributed by atoms with Gasteiger partial charge in [-0.3, -0.25) is 9.59 Å². The molecule has 0 aromatic heterocycles. The lowest BCUT2D eigenvalue weighted by Crippen LogP contribution is -2.39. The molecule has 0 radical (unpaired) electrons. The van der Waals surface area contributed by atoms with Gasteiger partial charge < -0.3 is 16.0 Å². The van der Waals surface area contributed by atoms with Gasteiger partial charge in [0.1, 0.15) is 0 Å². The molecule has 6 heteroatoms. The van der Waals surface area contributed by atoms with Crippen LogP contribution < -0.4 is 11.1 Å². The van der Waals surface area contributed by atoms with Gasteiger partial charge in [0.25, 0.3) is 0 Å². The second kappa shape index (κ2) is 7.65. The maximum absolute atomic E-state index is 12.3. The summed E-state index contributed by atoms with van der Waals surface area (Å²) in [6, 6.07) is 14.2. The zero-order chi connectivity index (χ0) is 16.8. The molecule has 0 saturated heterocycles. The van der Waals surface area contributed by atoms with Gasteiger partial charge in [0.15, 0.2) is 0 Å². The van der Waals surface area contributed by atoms with E-state index in [9.17, 15) is 9.59 Å². The van der Waals surface area contributed by atoms with Crippen LogP contribution in [0.5, 0.6) is 0 Å². The molecular weight excluding hydrogens is 314 g/mol. The summed E-state index contributed by atoms with van der Waals surface area (Å²) < 4.78 is 0. The Morgan fingerprint density at radius 3 is 2.48 bits per heavy atom. The third-order valence-corrected chi connectivity index (χ3v) is 3.67. The Balaban J connectivity index is 2.04. The van der Waals surface area contributed by atoms with E-state index in [0.29, 0.717) is 29.5 Å². The molecule has 3 N–H and O–H groups in total. The normalized spacial score (nSPS) is 10.2. The number of hydrogen-bond acceptors (Lipinski definition) is 3. The Labute approximate surface area is 140 Å². The first-order valence-corrected chi connectivity index (χ1v) is 7.58. The van der Waals surface area contributed by atoms with Crippen LogP contribution in [0.1, 0.15) is 12.5 Å². The molecule has 2 aromatic carbocycles. The van der Waals surface area contributed by atoms with Crippen LogP contribution in [0.25, 0.3) is 0 Å². The Morgan fingerprint density at radius 2 is 1.87 bits per heavy atom. The summed E-state index contributed by atoms with van der Waals surface area (Å²) in [6.07, 6.45) is 0. The molecule has 2 aromatic rings. The smallest absolute Gasteiger partial charge is 0.313 e. The molecule has 2 amide bonds. The number of nitrogen functional groups attached to an aromatic ring is 1. The summed E-state index contributed by atoms with van der Waals surface area (Å²) in [4.78, 5) is 25.9. The first-order valence-electron chi connectivity index (χ1n) is 7.20. The van der Waals surface area contributed by atoms with Crippen LogP contribution in [0.4, 0.5) is 11.4 Å². The van der Waals surface area contributed by atoms with Crippen LogP contribution in [0.15, 0.2) is 48.5 Å². The number of benzene rings is 2. The molecule has 120 valence electrons. The monoisotopic (exact) mass is 331 g/mol. The molecule has 0 saturated carbocycles. The minimum absolute atomic E-state index is 0.326. The van der Waals surface area contributed by atoms with Gasteiger partial charge in [0.2, 0.25) is 0 Å². The molecule has 2 rings (SSSR count). The van der Waals surface area contributed by atoms with E-state index in [2.05, 4.69) is 5.32 Å². The maximum Gasteiger partial charge on any atom is 0.313 e. The Kier molecular flexibility index (Phi) is 5.60. The van der Waals surface area contributed by atoms with Gasteiger partial charge >= 0.3 is 11.8 Å². The van der Waals surface area contributed by atoms with Crippen molar-refractivity contribution >= 4 is 34.8 Å². The third-order valence-electron chi connectivity index (χ3n) is 3.34. The largest absolute Gasteiger partial charge is 0.398 e. The molecule has 0 heterocycles. The summed E-state index contributed by atoms with van der Waals surface area (Å²) in [5.74, 6) is -1.30. The maximum atomic E-state index is 12.3. The lowest BCUT2D eigenvalue weighted by atomic mass is 10.2. The van der Waals surface area contributed by atoms with Crippen molar-refractivity contribution in [3.63, 3.8) is 0 Å². The number of carbonyl (C=O) groups excluding carboxylic acids is 2. The van der Waals surface area contributed by atoms with Crippen molar-refractivity contribution in [1.82, 2.24) is 4.90 Å². The van der Waals surface area contributed by atoms with E-state index in [1.54, 1.807) is 12.1 Å². The molecule has 0 fully saturated rings. The number of amides is 2. The number of halogens is 1. The highest BCUT2D eigenvalue weighted by Crippen LogP contribution is 2.22. The Bertz CT molecular complexity index is 704. The standard InChI is InChI=1S/C17H18ClN3O2/c1-2-21(11-12-6-4-3-5-7-12)17(23)16(22)20-13-8-9-15(19)14(18)10-13/h3-10H,2,11,19H2,1H3,(H,20,22). The van der Waals surface area contributed by atoms with Crippen LogP contribution in [-0.4, -0.2) is 23.3 Å². The van der Waals surface area contributed by atoms with Crippen LogP contribution in [-0.2, 0) is 16.1 Å². The molecule has 23 heavy (non-hydrogen) atoms. The third kappa shape index (κ3) is 4.47. The Hall–Kier alpha value is -2.53. The predicted molar refractivity (Wildman–Crippen MR) is 92.0 cm³/mol. The zero-order valence-corrected chi connectivity index (χ0v) is 13.5. The highest BCUT2D eigenvalue weighted by atomic mass is 35.5. The van der Waals surface area contributed by atoms with E-state index in [0.717, 1.165) is 5.56 Å². The average Bonchev–Trinajstić information content (AvgIpc) is 2.56. The van der Waals surface area contributed by atoms with E-state index < -0.39 is 11.8 Å². The SMILES string of the molecule is CCN(Cc1ccccc1)C(=O)C(=O)Nc1ccc(N)c(Cl)c1. The number of rotatable bonds is 4. The lowest BCUT2D eigenvalue weighted by Gasteiger charge is -2.20. The lowest BCUT2D eigenvalue weighted by molar-refractivity contribution is -0.143. The van der Waals surface area contributed by atoms with Crippen molar-refractivity contribution in [2.45, 2.75) is 13.5 Å². The molecule has 0 bridgehead atoms. The summed E-state index contributed by atoms with van der Waals surface area (Å²) in [7, 11) is 0. The first-order chi connectivity index (χ1) is 11.0. The fourth-order valence-electron chi connectivity index (χ4n) is 2.06. The van der Waals surface area contributed by atoms with Crippen molar-refractivity contribution in [3.8, 4) is 0 Å². The molecule has 0 atom stereocenters. The van der Waals surface area contributed by atoms with Crippen molar-refractivity contribution in [2.24, 2.45) is 0 Å². The van der Waals surface area contributed by atoms with E-state index in [4.69, 9.17) is 17.3 Å². The minimum Gasteiger partial charge on any atom is -0.398 e. The van der Waals surface area contributed by atoms with Gasteiger partial charge in [0.05, 0.1) is 10.7 Å². The molecule has 0 aliphatic carbocycles. The fraction of sp³-hybridized carbons (Fsp3) is 0.176. The van der Waals surface area contributed by atoms with Crippen molar-refractivity contribution in [1.29, 1.82) is 0 Å². The molecule has 0 unspecified atom stereocenters.